The molecule has 1 N–H and O–H groups in total. The Hall–Kier alpha value is -2.79. The first-order chi connectivity index (χ1) is 13.0. The number of halogens is 2. The van der Waals surface area contributed by atoms with Gasteiger partial charge in [-0.2, -0.15) is 0 Å². The molecule has 3 rings (SSSR count). The molecule has 0 radical (unpaired) electrons. The maximum Gasteiger partial charge on any atom is 0.351 e. The molecule has 12 heteroatoms. The van der Waals surface area contributed by atoms with Gasteiger partial charge in [0.25, 0.3) is 0 Å². The third kappa shape index (κ3) is 2.96. The summed E-state index contributed by atoms with van der Waals surface area (Å²) >= 11 is 11.1. The molecule has 9 nitrogen and oxygen atoms in total. The van der Waals surface area contributed by atoms with E-state index in [9.17, 15) is 23.9 Å². The average Bonchev–Trinajstić information content (AvgIpc) is 3.03. The smallest absolute Gasteiger partial charge is 0.351 e. The third-order valence-corrected chi connectivity index (χ3v) is 5.29. The molecule has 148 valence electrons. The highest BCUT2D eigenvalue weighted by Crippen LogP contribution is 2.31. The molecule has 0 spiro atoms. The Kier molecular flexibility index (Phi) is 4.76. The van der Waals surface area contributed by atoms with Crippen molar-refractivity contribution in [3.8, 4) is 5.69 Å². The SMILES string of the molecule is Cn1c(=S)n(C)c(=O)n(-c2cc(C3=NO[C@@](C)(C(=O)O)C3)c(Cl)cc2F)c1=O. The van der Waals surface area contributed by atoms with Crippen LogP contribution < -0.4 is 11.4 Å². The number of hydrogen-bond acceptors (Lipinski definition) is 6. The van der Waals surface area contributed by atoms with Gasteiger partial charge in [-0.1, -0.05) is 16.8 Å². The monoisotopic (exact) mass is 428 g/mol. The first-order valence-corrected chi connectivity index (χ1v) is 8.64. The van der Waals surface area contributed by atoms with Crippen LogP contribution in [0.1, 0.15) is 18.9 Å². The van der Waals surface area contributed by atoms with Gasteiger partial charge in [0.1, 0.15) is 5.82 Å². The summed E-state index contributed by atoms with van der Waals surface area (Å²) in [6, 6.07) is 2.07. The van der Waals surface area contributed by atoms with Gasteiger partial charge in [0, 0.05) is 26.1 Å². The van der Waals surface area contributed by atoms with Gasteiger partial charge < -0.3 is 9.94 Å². The Balaban J connectivity index is 2.24. The second-order valence-corrected chi connectivity index (χ2v) is 7.20. The average molecular weight is 429 g/mol. The van der Waals surface area contributed by atoms with Gasteiger partial charge in [0.2, 0.25) is 5.60 Å². The van der Waals surface area contributed by atoms with Crippen LogP contribution in [0.15, 0.2) is 26.9 Å². The summed E-state index contributed by atoms with van der Waals surface area (Å²) in [5.41, 5.74) is -3.38. The molecule has 0 bridgehead atoms. The predicted octanol–water partition coefficient (Wildman–Crippen LogP) is 1.36. The van der Waals surface area contributed by atoms with Gasteiger partial charge in [-0.3, -0.25) is 9.13 Å². The van der Waals surface area contributed by atoms with E-state index >= 15 is 0 Å². The molecule has 0 aliphatic carbocycles. The zero-order valence-electron chi connectivity index (χ0n) is 14.9. The second kappa shape index (κ2) is 6.67. The van der Waals surface area contributed by atoms with Crippen molar-refractivity contribution in [2.45, 2.75) is 18.9 Å². The van der Waals surface area contributed by atoms with Gasteiger partial charge in [0.05, 0.1) is 16.4 Å². The van der Waals surface area contributed by atoms with E-state index in [0.29, 0.717) is 4.57 Å². The molecule has 2 aromatic rings. The standard InChI is InChI=1S/C16H14ClFN4O5S/c1-16(12(23)24)6-10(19-27-16)7-4-11(9(18)5-8(7)17)22-13(25)20(2)15(28)21(3)14(22)26/h4-5H,6H2,1-3H3,(H,23,24)/t16-/m1/s1. The second-order valence-electron chi connectivity index (χ2n) is 6.43. The number of carboxylic acid groups (broad SMARTS) is 1. The molecule has 0 saturated heterocycles. The van der Waals surface area contributed by atoms with Crippen LogP contribution >= 0.6 is 23.8 Å². The molecule has 1 aromatic carbocycles. The van der Waals surface area contributed by atoms with Crippen LogP contribution in [0.4, 0.5) is 4.39 Å². The topological polar surface area (TPSA) is 108 Å². The number of oxime groups is 1. The van der Waals surface area contributed by atoms with Gasteiger partial charge in [-0.15, -0.1) is 0 Å². The molecule has 0 saturated carbocycles. The van der Waals surface area contributed by atoms with Crippen LogP contribution in [-0.2, 0) is 23.7 Å². The highest BCUT2D eigenvalue weighted by molar-refractivity contribution is 7.71. The van der Waals surface area contributed by atoms with E-state index in [-0.39, 0.29) is 33.2 Å². The molecule has 0 unspecified atom stereocenters. The van der Waals surface area contributed by atoms with Crippen LogP contribution in [0.2, 0.25) is 5.02 Å². The predicted molar refractivity (Wildman–Crippen MR) is 100 cm³/mol. The largest absolute Gasteiger partial charge is 0.478 e. The Morgan fingerprint density at radius 2 is 1.89 bits per heavy atom. The van der Waals surface area contributed by atoms with Crippen LogP contribution in [0.3, 0.4) is 0 Å². The Labute approximate surface area is 166 Å². The fourth-order valence-electron chi connectivity index (χ4n) is 2.71. The number of carboxylic acids is 1. The van der Waals surface area contributed by atoms with E-state index in [4.69, 9.17) is 28.7 Å². The summed E-state index contributed by atoms with van der Waals surface area (Å²) in [6.45, 7) is 1.33. The minimum absolute atomic E-state index is 0.0355. The van der Waals surface area contributed by atoms with Crippen LogP contribution in [-0.4, -0.2) is 36.1 Å². The van der Waals surface area contributed by atoms with Crippen molar-refractivity contribution >= 4 is 35.5 Å². The number of benzene rings is 1. The molecular formula is C16H14ClFN4O5S. The highest BCUT2D eigenvalue weighted by Gasteiger charge is 2.43. The fraction of sp³-hybridized carbons (Fsp3) is 0.312. The van der Waals surface area contributed by atoms with Gasteiger partial charge in [0.15, 0.2) is 4.77 Å². The molecule has 0 amide bonds. The summed E-state index contributed by atoms with van der Waals surface area (Å²) in [5, 5.41) is 12.9. The summed E-state index contributed by atoms with van der Waals surface area (Å²) < 4.78 is 17.2. The molecule has 1 aromatic heterocycles. The van der Waals surface area contributed by atoms with Gasteiger partial charge in [-0.25, -0.2) is 23.3 Å². The first-order valence-electron chi connectivity index (χ1n) is 7.85. The van der Waals surface area contributed by atoms with Crippen LogP contribution in [0, 0.1) is 10.6 Å². The quantitative estimate of drug-likeness (QED) is 0.740. The number of aromatic nitrogens is 3. The number of aliphatic carboxylic acids is 1. The lowest BCUT2D eigenvalue weighted by Crippen LogP contribution is -2.43. The van der Waals surface area contributed by atoms with E-state index in [2.05, 4.69) is 5.16 Å². The molecule has 1 aliphatic rings. The molecule has 28 heavy (non-hydrogen) atoms. The maximum atomic E-state index is 14.6. The molecule has 1 atom stereocenters. The minimum Gasteiger partial charge on any atom is -0.478 e. The lowest BCUT2D eigenvalue weighted by atomic mass is 9.96. The Morgan fingerprint density at radius 1 is 1.32 bits per heavy atom. The molecule has 0 fully saturated rings. The lowest BCUT2D eigenvalue weighted by molar-refractivity contribution is -0.160. The van der Waals surface area contributed by atoms with Crippen molar-refractivity contribution in [3.05, 3.63) is 54.3 Å². The van der Waals surface area contributed by atoms with Crippen molar-refractivity contribution in [2.24, 2.45) is 19.3 Å². The van der Waals surface area contributed by atoms with Crippen molar-refractivity contribution in [1.29, 1.82) is 0 Å². The number of nitrogens with zero attached hydrogens (tertiary/aromatic N) is 4. The highest BCUT2D eigenvalue weighted by atomic mass is 35.5. The Bertz CT molecular complexity index is 1190. The molecular weight excluding hydrogens is 415 g/mol. The van der Waals surface area contributed by atoms with Crippen molar-refractivity contribution in [1.82, 2.24) is 13.7 Å². The van der Waals surface area contributed by atoms with E-state index in [1.54, 1.807) is 0 Å². The zero-order valence-corrected chi connectivity index (χ0v) is 16.5. The number of rotatable bonds is 3. The van der Waals surface area contributed by atoms with Gasteiger partial charge >= 0.3 is 17.3 Å². The van der Waals surface area contributed by atoms with Crippen molar-refractivity contribution in [2.75, 3.05) is 0 Å². The summed E-state index contributed by atoms with van der Waals surface area (Å²) in [4.78, 5) is 41.4. The van der Waals surface area contributed by atoms with E-state index in [0.717, 1.165) is 21.3 Å². The van der Waals surface area contributed by atoms with Gasteiger partial charge in [-0.05, 0) is 31.3 Å². The molecule has 2 heterocycles. The minimum atomic E-state index is -1.60. The van der Waals surface area contributed by atoms with Crippen LogP contribution in [0.25, 0.3) is 5.69 Å². The van der Waals surface area contributed by atoms with E-state index in [1.165, 1.54) is 21.0 Å². The van der Waals surface area contributed by atoms with E-state index in [1.807, 2.05) is 0 Å². The Morgan fingerprint density at radius 3 is 2.39 bits per heavy atom. The van der Waals surface area contributed by atoms with Crippen LogP contribution in [0.5, 0.6) is 0 Å². The fourth-order valence-corrected chi connectivity index (χ4v) is 3.12. The summed E-state index contributed by atoms with van der Waals surface area (Å²) in [7, 11) is 2.70. The van der Waals surface area contributed by atoms with Crippen molar-refractivity contribution < 1.29 is 19.1 Å². The molecule has 1 aliphatic heterocycles. The third-order valence-electron chi connectivity index (χ3n) is 4.43. The number of carbonyl (C=O) groups is 1. The number of hydrogen-bond donors (Lipinski definition) is 1. The summed E-state index contributed by atoms with van der Waals surface area (Å²) in [6.07, 6.45) is -0.140. The normalized spacial score (nSPS) is 18.7. The summed E-state index contributed by atoms with van der Waals surface area (Å²) in [5.74, 6) is -2.16. The zero-order chi connectivity index (χ0) is 21.0. The van der Waals surface area contributed by atoms with E-state index < -0.39 is 28.8 Å². The first kappa shape index (κ1) is 20.0. The lowest BCUT2D eigenvalue weighted by Gasteiger charge is -2.15. The van der Waals surface area contributed by atoms with Crippen molar-refractivity contribution in [3.63, 3.8) is 0 Å². The maximum absolute atomic E-state index is 14.6.